The number of rotatable bonds is 3. The summed E-state index contributed by atoms with van der Waals surface area (Å²) in [7, 11) is 3.54. The fourth-order valence-corrected chi connectivity index (χ4v) is 3.00. The molecule has 1 N–H and O–H groups in total. The molecule has 0 bridgehead atoms. The molecule has 0 aliphatic carbocycles. The van der Waals surface area contributed by atoms with Gasteiger partial charge in [-0.3, -0.25) is 9.69 Å². The summed E-state index contributed by atoms with van der Waals surface area (Å²) in [6, 6.07) is 0. The van der Waals surface area contributed by atoms with Gasteiger partial charge in [0.2, 0.25) is 6.35 Å². The third-order valence-electron chi connectivity index (χ3n) is 4.60. The first-order valence-electron chi connectivity index (χ1n) is 7.24. The lowest BCUT2D eigenvalue weighted by atomic mass is 9.86. The van der Waals surface area contributed by atoms with E-state index in [4.69, 9.17) is 4.74 Å². The van der Waals surface area contributed by atoms with E-state index in [2.05, 4.69) is 11.9 Å². The summed E-state index contributed by atoms with van der Waals surface area (Å²) < 4.78 is 7.15. The van der Waals surface area contributed by atoms with E-state index < -0.39 is 6.35 Å². The highest BCUT2D eigenvalue weighted by Crippen LogP contribution is 2.33. The van der Waals surface area contributed by atoms with Crippen LogP contribution < -0.4 is 4.90 Å². The van der Waals surface area contributed by atoms with Crippen molar-refractivity contribution < 1.29 is 14.6 Å². The SMILES string of the molecule is CN1c2ncn(C)c2C(=O)N(CCC2(C)CCOC2)C1O. The topological polar surface area (TPSA) is 70.8 Å². The second-order valence-electron chi connectivity index (χ2n) is 6.35. The Morgan fingerprint density at radius 1 is 1.52 bits per heavy atom. The van der Waals surface area contributed by atoms with Crippen molar-refractivity contribution >= 4 is 11.7 Å². The van der Waals surface area contributed by atoms with Crippen LogP contribution in [-0.2, 0) is 11.8 Å². The minimum absolute atomic E-state index is 0.0886. The van der Waals surface area contributed by atoms with Gasteiger partial charge in [-0.05, 0) is 18.3 Å². The van der Waals surface area contributed by atoms with Gasteiger partial charge in [0, 0.05) is 27.2 Å². The number of carbonyl (C=O) groups is 1. The second kappa shape index (κ2) is 4.99. The van der Waals surface area contributed by atoms with E-state index in [9.17, 15) is 9.90 Å². The summed E-state index contributed by atoms with van der Waals surface area (Å²) in [6.07, 6.45) is 2.45. The van der Waals surface area contributed by atoms with Gasteiger partial charge in [-0.15, -0.1) is 0 Å². The third-order valence-corrected chi connectivity index (χ3v) is 4.60. The smallest absolute Gasteiger partial charge is 0.277 e. The van der Waals surface area contributed by atoms with Gasteiger partial charge in [-0.2, -0.15) is 0 Å². The summed E-state index contributed by atoms with van der Waals surface area (Å²) in [5, 5.41) is 10.4. The van der Waals surface area contributed by atoms with Crippen LogP contribution in [0.2, 0.25) is 0 Å². The fourth-order valence-electron chi connectivity index (χ4n) is 3.00. The predicted octanol–water partition coefficient (Wildman–Crippen LogP) is 0.405. The molecular formula is C14H22N4O3. The number of aliphatic hydroxyl groups is 1. The first kappa shape index (κ1) is 14.3. The number of aryl methyl sites for hydroxylation is 1. The number of hydrogen-bond donors (Lipinski definition) is 1. The molecule has 1 fully saturated rings. The molecule has 2 atom stereocenters. The number of ether oxygens (including phenoxy) is 1. The molecule has 7 nitrogen and oxygen atoms in total. The molecule has 1 amide bonds. The molecule has 1 saturated heterocycles. The molecule has 1 aromatic rings. The Labute approximate surface area is 124 Å². The summed E-state index contributed by atoms with van der Waals surface area (Å²) in [5.74, 6) is 0.361. The van der Waals surface area contributed by atoms with Crippen LogP contribution in [0.3, 0.4) is 0 Å². The minimum Gasteiger partial charge on any atom is -0.381 e. The van der Waals surface area contributed by atoms with Crippen LogP contribution in [-0.4, -0.2) is 58.6 Å². The highest BCUT2D eigenvalue weighted by Gasteiger charge is 2.39. The van der Waals surface area contributed by atoms with Crippen molar-refractivity contribution in [2.75, 3.05) is 31.7 Å². The van der Waals surface area contributed by atoms with E-state index in [0.717, 1.165) is 26.1 Å². The molecule has 2 unspecified atom stereocenters. The standard InChI is InChI=1S/C14H22N4O3/c1-14(5-7-21-8-14)4-6-18-12(19)10-11(15-9-16(10)2)17(3)13(18)20/h9,13,20H,4-8H2,1-3H3. The zero-order valence-electron chi connectivity index (χ0n) is 12.7. The number of aliphatic hydroxyl groups excluding tert-OH is 1. The van der Waals surface area contributed by atoms with Crippen LogP contribution in [0.4, 0.5) is 5.82 Å². The van der Waals surface area contributed by atoms with Crippen molar-refractivity contribution in [3.05, 3.63) is 12.0 Å². The molecule has 2 aliphatic heterocycles. The quantitative estimate of drug-likeness (QED) is 0.874. The minimum atomic E-state index is -0.967. The van der Waals surface area contributed by atoms with Gasteiger partial charge in [0.05, 0.1) is 12.9 Å². The van der Waals surface area contributed by atoms with Crippen molar-refractivity contribution in [2.24, 2.45) is 12.5 Å². The number of aromatic nitrogens is 2. The molecule has 2 aliphatic rings. The van der Waals surface area contributed by atoms with E-state index in [-0.39, 0.29) is 11.3 Å². The maximum atomic E-state index is 12.6. The highest BCUT2D eigenvalue weighted by atomic mass is 16.5. The van der Waals surface area contributed by atoms with E-state index in [1.807, 2.05) is 0 Å². The Bertz CT molecular complexity index is 550. The molecule has 21 heavy (non-hydrogen) atoms. The molecule has 0 radical (unpaired) electrons. The van der Waals surface area contributed by atoms with Gasteiger partial charge in [0.1, 0.15) is 0 Å². The van der Waals surface area contributed by atoms with Gasteiger partial charge in [-0.1, -0.05) is 6.92 Å². The molecule has 0 aromatic carbocycles. The first-order chi connectivity index (χ1) is 9.93. The Kier molecular flexibility index (Phi) is 3.41. The van der Waals surface area contributed by atoms with Crippen molar-refractivity contribution in [1.29, 1.82) is 0 Å². The van der Waals surface area contributed by atoms with Crippen molar-refractivity contribution in [2.45, 2.75) is 26.1 Å². The Morgan fingerprint density at radius 2 is 2.29 bits per heavy atom. The number of nitrogens with zero attached hydrogens (tertiary/aromatic N) is 4. The summed E-state index contributed by atoms with van der Waals surface area (Å²) >= 11 is 0. The van der Waals surface area contributed by atoms with Gasteiger partial charge in [0.25, 0.3) is 5.91 Å². The van der Waals surface area contributed by atoms with Crippen molar-refractivity contribution in [3.8, 4) is 0 Å². The number of fused-ring (bicyclic) bond motifs is 1. The van der Waals surface area contributed by atoms with Crippen LogP contribution >= 0.6 is 0 Å². The maximum Gasteiger partial charge on any atom is 0.277 e. The molecule has 7 heteroatoms. The number of carbonyl (C=O) groups excluding carboxylic acids is 1. The van der Waals surface area contributed by atoms with Crippen LogP contribution in [0.25, 0.3) is 0 Å². The van der Waals surface area contributed by atoms with E-state index in [1.54, 1.807) is 29.9 Å². The molecular weight excluding hydrogens is 272 g/mol. The molecule has 116 valence electrons. The number of imidazole rings is 1. The molecule has 1 aromatic heterocycles. The normalized spacial score (nSPS) is 29.1. The zero-order valence-corrected chi connectivity index (χ0v) is 12.7. The van der Waals surface area contributed by atoms with Gasteiger partial charge < -0.3 is 19.3 Å². The lowest BCUT2D eigenvalue weighted by molar-refractivity contribution is -0.00221. The summed E-state index contributed by atoms with van der Waals surface area (Å²) in [5.41, 5.74) is 0.612. The van der Waals surface area contributed by atoms with Crippen molar-refractivity contribution in [3.63, 3.8) is 0 Å². The number of amides is 1. The lowest BCUT2D eigenvalue weighted by Crippen LogP contribution is -2.55. The maximum absolute atomic E-state index is 12.6. The third kappa shape index (κ3) is 2.30. The van der Waals surface area contributed by atoms with Crippen LogP contribution in [0.5, 0.6) is 0 Å². The number of hydrogen-bond acceptors (Lipinski definition) is 5. The van der Waals surface area contributed by atoms with E-state index in [1.165, 1.54) is 4.90 Å². The van der Waals surface area contributed by atoms with Gasteiger partial charge >= 0.3 is 0 Å². The monoisotopic (exact) mass is 294 g/mol. The Hall–Kier alpha value is -1.60. The molecule has 3 rings (SSSR count). The fraction of sp³-hybridized carbons (Fsp3) is 0.714. The molecule has 0 spiro atoms. The Balaban J connectivity index is 1.79. The van der Waals surface area contributed by atoms with Gasteiger partial charge in [0.15, 0.2) is 11.5 Å². The Morgan fingerprint density at radius 3 is 2.95 bits per heavy atom. The second-order valence-corrected chi connectivity index (χ2v) is 6.35. The lowest BCUT2D eigenvalue weighted by Gasteiger charge is -2.39. The van der Waals surface area contributed by atoms with Gasteiger partial charge in [-0.25, -0.2) is 4.98 Å². The highest BCUT2D eigenvalue weighted by molar-refractivity contribution is 5.99. The zero-order chi connectivity index (χ0) is 15.2. The first-order valence-corrected chi connectivity index (χ1v) is 7.24. The predicted molar refractivity (Wildman–Crippen MR) is 76.8 cm³/mol. The number of anilines is 1. The average molecular weight is 294 g/mol. The van der Waals surface area contributed by atoms with E-state index >= 15 is 0 Å². The van der Waals surface area contributed by atoms with Crippen LogP contribution in [0.15, 0.2) is 6.33 Å². The van der Waals surface area contributed by atoms with Crippen LogP contribution in [0, 0.1) is 5.41 Å². The summed E-state index contributed by atoms with van der Waals surface area (Å²) in [6.45, 7) is 4.17. The molecule has 0 saturated carbocycles. The largest absolute Gasteiger partial charge is 0.381 e. The van der Waals surface area contributed by atoms with Crippen molar-refractivity contribution in [1.82, 2.24) is 14.5 Å². The average Bonchev–Trinajstić information content (AvgIpc) is 3.03. The van der Waals surface area contributed by atoms with Crippen LogP contribution in [0.1, 0.15) is 30.3 Å². The molecule has 3 heterocycles. The van der Waals surface area contributed by atoms with E-state index in [0.29, 0.717) is 18.1 Å². The summed E-state index contributed by atoms with van der Waals surface area (Å²) in [4.78, 5) is 19.9.